The summed E-state index contributed by atoms with van der Waals surface area (Å²) >= 11 is 0. The minimum Gasteiger partial charge on any atom is -0.467 e. The SMILES string of the molecule is COC(=O)[C@@H](CCO[Si](C)(C)C(C)(C)C)NC(=O)[C@H](CC(C)C)NC(=O)OCc1ccccc1. The Balaban J connectivity index is 2.77. The Kier molecular flexibility index (Phi) is 11.8. The fraction of sp³-hybridized carbons (Fsp3) is 0.640. The molecule has 0 unspecified atom stereocenters. The fourth-order valence-electron chi connectivity index (χ4n) is 2.92. The molecule has 2 atom stereocenters. The lowest BCUT2D eigenvalue weighted by molar-refractivity contribution is -0.145. The summed E-state index contributed by atoms with van der Waals surface area (Å²) in [5.74, 6) is -0.890. The molecule has 34 heavy (non-hydrogen) atoms. The number of rotatable bonds is 12. The first kappa shape index (κ1) is 29.6. The molecular formula is C25H42N2O6Si. The number of esters is 1. The van der Waals surface area contributed by atoms with Gasteiger partial charge in [0.25, 0.3) is 0 Å². The van der Waals surface area contributed by atoms with E-state index >= 15 is 0 Å². The highest BCUT2D eigenvalue weighted by Gasteiger charge is 2.37. The zero-order valence-corrected chi connectivity index (χ0v) is 22.9. The van der Waals surface area contributed by atoms with Gasteiger partial charge in [0.1, 0.15) is 18.7 Å². The quantitative estimate of drug-likeness (QED) is 0.330. The van der Waals surface area contributed by atoms with Crippen molar-refractivity contribution in [2.24, 2.45) is 5.92 Å². The van der Waals surface area contributed by atoms with Crippen LogP contribution >= 0.6 is 0 Å². The van der Waals surface area contributed by atoms with Crippen LogP contribution in [-0.2, 0) is 30.1 Å². The lowest BCUT2D eigenvalue weighted by Gasteiger charge is -2.36. The molecule has 1 rings (SSSR count). The van der Waals surface area contributed by atoms with E-state index < -0.39 is 38.4 Å². The van der Waals surface area contributed by atoms with E-state index in [9.17, 15) is 14.4 Å². The van der Waals surface area contributed by atoms with Gasteiger partial charge in [0.2, 0.25) is 5.91 Å². The Morgan fingerprint density at radius 1 is 1.00 bits per heavy atom. The van der Waals surface area contributed by atoms with Gasteiger partial charge in [0.15, 0.2) is 8.32 Å². The summed E-state index contributed by atoms with van der Waals surface area (Å²) in [6.45, 7) is 15.0. The van der Waals surface area contributed by atoms with Gasteiger partial charge in [-0.25, -0.2) is 9.59 Å². The molecular weight excluding hydrogens is 452 g/mol. The minimum atomic E-state index is -2.00. The summed E-state index contributed by atoms with van der Waals surface area (Å²) in [6, 6.07) is 7.55. The summed E-state index contributed by atoms with van der Waals surface area (Å²) in [5.41, 5.74) is 0.843. The maximum absolute atomic E-state index is 13.0. The smallest absolute Gasteiger partial charge is 0.408 e. The van der Waals surface area contributed by atoms with E-state index in [0.29, 0.717) is 13.0 Å². The molecule has 8 nitrogen and oxygen atoms in total. The summed E-state index contributed by atoms with van der Waals surface area (Å²) < 4.78 is 16.3. The van der Waals surface area contributed by atoms with Gasteiger partial charge in [0, 0.05) is 13.0 Å². The van der Waals surface area contributed by atoms with Crippen molar-refractivity contribution in [3.8, 4) is 0 Å². The maximum atomic E-state index is 13.0. The molecule has 0 fully saturated rings. The molecule has 2 N–H and O–H groups in total. The highest BCUT2D eigenvalue weighted by atomic mass is 28.4. The van der Waals surface area contributed by atoms with Crippen molar-refractivity contribution in [3.05, 3.63) is 35.9 Å². The zero-order chi connectivity index (χ0) is 25.9. The van der Waals surface area contributed by atoms with Gasteiger partial charge in [0.05, 0.1) is 7.11 Å². The second-order valence-electron chi connectivity index (χ2n) is 10.4. The Morgan fingerprint density at radius 2 is 1.62 bits per heavy atom. The number of ether oxygens (including phenoxy) is 2. The molecule has 2 amide bonds. The molecule has 0 radical (unpaired) electrons. The van der Waals surface area contributed by atoms with Crippen molar-refractivity contribution >= 4 is 26.3 Å². The minimum absolute atomic E-state index is 0.0312. The molecule has 0 saturated heterocycles. The summed E-state index contributed by atoms with van der Waals surface area (Å²) in [7, 11) is -0.719. The first-order chi connectivity index (χ1) is 15.8. The second-order valence-corrected chi connectivity index (χ2v) is 15.2. The van der Waals surface area contributed by atoms with Gasteiger partial charge in [-0.1, -0.05) is 65.0 Å². The lowest BCUT2D eigenvalue weighted by Crippen LogP contribution is -2.53. The number of hydrogen-bond acceptors (Lipinski definition) is 6. The summed E-state index contributed by atoms with van der Waals surface area (Å²) in [4.78, 5) is 37.7. The standard InChI is InChI=1S/C25H42N2O6Si/c1-18(2)16-21(27-24(30)32-17-19-12-10-9-11-13-19)22(28)26-20(23(29)31-6)14-15-33-34(7,8)25(3,4)5/h9-13,18,20-21H,14-17H2,1-8H3,(H,26,28)(H,27,30)/t20-,21+/m1/s1. The molecule has 0 aliphatic carbocycles. The van der Waals surface area contributed by atoms with Crippen molar-refractivity contribution in [2.75, 3.05) is 13.7 Å². The maximum Gasteiger partial charge on any atom is 0.408 e. The summed E-state index contributed by atoms with van der Waals surface area (Å²) in [6.07, 6.45) is -0.0289. The molecule has 9 heteroatoms. The monoisotopic (exact) mass is 494 g/mol. The number of methoxy groups -OCH3 is 1. The molecule has 0 aromatic heterocycles. The van der Waals surface area contributed by atoms with Crippen LogP contribution in [0.4, 0.5) is 4.79 Å². The predicted octanol–water partition coefficient (Wildman–Crippen LogP) is 4.40. The van der Waals surface area contributed by atoms with Crippen LogP contribution in [0.2, 0.25) is 18.1 Å². The van der Waals surface area contributed by atoms with Gasteiger partial charge in [-0.15, -0.1) is 0 Å². The zero-order valence-electron chi connectivity index (χ0n) is 21.9. The van der Waals surface area contributed by atoms with E-state index in [1.807, 2.05) is 44.2 Å². The highest BCUT2D eigenvalue weighted by Crippen LogP contribution is 2.36. The number of hydrogen-bond donors (Lipinski definition) is 2. The van der Waals surface area contributed by atoms with E-state index in [-0.39, 0.29) is 24.0 Å². The first-order valence-corrected chi connectivity index (χ1v) is 14.7. The van der Waals surface area contributed by atoms with Crippen molar-refractivity contribution in [1.29, 1.82) is 0 Å². The van der Waals surface area contributed by atoms with Crippen molar-refractivity contribution in [2.45, 2.75) is 84.3 Å². The fourth-order valence-corrected chi connectivity index (χ4v) is 3.98. The van der Waals surface area contributed by atoms with E-state index in [0.717, 1.165) is 5.56 Å². The van der Waals surface area contributed by atoms with Crippen LogP contribution in [0.1, 0.15) is 53.0 Å². The lowest BCUT2D eigenvalue weighted by atomic mass is 10.0. The van der Waals surface area contributed by atoms with Crippen LogP contribution in [-0.4, -0.2) is 52.1 Å². The Morgan fingerprint density at radius 3 is 2.15 bits per heavy atom. The van der Waals surface area contributed by atoms with Gasteiger partial charge >= 0.3 is 12.1 Å². The third-order valence-corrected chi connectivity index (χ3v) is 10.5. The van der Waals surface area contributed by atoms with Gasteiger partial charge in [-0.05, 0) is 36.0 Å². The highest BCUT2D eigenvalue weighted by molar-refractivity contribution is 6.74. The molecule has 0 spiro atoms. The van der Waals surface area contributed by atoms with Gasteiger partial charge in [-0.3, -0.25) is 4.79 Å². The third-order valence-electron chi connectivity index (χ3n) is 6.01. The average Bonchev–Trinajstić information content (AvgIpc) is 2.75. The van der Waals surface area contributed by atoms with Crippen LogP contribution in [0.25, 0.3) is 0 Å². The molecule has 0 saturated carbocycles. The van der Waals surface area contributed by atoms with Crippen LogP contribution in [0.15, 0.2) is 30.3 Å². The van der Waals surface area contributed by atoms with E-state index in [1.165, 1.54) is 7.11 Å². The van der Waals surface area contributed by atoms with Gasteiger partial charge in [-0.2, -0.15) is 0 Å². The van der Waals surface area contributed by atoms with Gasteiger partial charge < -0.3 is 24.5 Å². The van der Waals surface area contributed by atoms with E-state index in [4.69, 9.17) is 13.9 Å². The Labute approximate surface area is 205 Å². The van der Waals surface area contributed by atoms with Crippen LogP contribution < -0.4 is 10.6 Å². The van der Waals surface area contributed by atoms with Crippen molar-refractivity contribution < 1.29 is 28.3 Å². The number of carbonyl (C=O) groups is 3. The Bertz CT molecular complexity index is 792. The molecule has 1 aromatic rings. The van der Waals surface area contributed by atoms with Crippen molar-refractivity contribution in [3.63, 3.8) is 0 Å². The molecule has 0 aliphatic rings. The predicted molar refractivity (Wildman–Crippen MR) is 135 cm³/mol. The first-order valence-electron chi connectivity index (χ1n) is 11.8. The largest absolute Gasteiger partial charge is 0.467 e. The number of carbonyl (C=O) groups excluding carboxylic acids is 3. The number of alkyl carbamates (subject to hydrolysis) is 1. The van der Waals surface area contributed by atoms with Crippen molar-refractivity contribution in [1.82, 2.24) is 10.6 Å². The Hall–Kier alpha value is -2.39. The van der Waals surface area contributed by atoms with E-state index in [2.05, 4.69) is 44.5 Å². The van der Waals surface area contributed by atoms with Crippen LogP contribution in [0, 0.1) is 5.92 Å². The summed E-state index contributed by atoms with van der Waals surface area (Å²) in [5, 5.41) is 5.39. The number of amides is 2. The van der Waals surface area contributed by atoms with E-state index in [1.54, 1.807) is 0 Å². The molecule has 0 bridgehead atoms. The number of nitrogens with one attached hydrogen (secondary N) is 2. The molecule has 1 aromatic carbocycles. The second kappa shape index (κ2) is 13.5. The average molecular weight is 495 g/mol. The van der Waals surface area contributed by atoms with Crippen LogP contribution in [0.3, 0.4) is 0 Å². The molecule has 0 aliphatic heterocycles. The normalized spacial score (nSPS) is 13.7. The topological polar surface area (TPSA) is 103 Å². The third kappa shape index (κ3) is 10.3. The van der Waals surface area contributed by atoms with Crippen LogP contribution in [0.5, 0.6) is 0 Å². The molecule has 192 valence electrons. The molecule has 0 heterocycles. The number of benzene rings is 1.